The van der Waals surface area contributed by atoms with Gasteiger partial charge in [-0.25, -0.2) is 0 Å². The van der Waals surface area contributed by atoms with Gasteiger partial charge < -0.3 is 5.11 Å². The van der Waals surface area contributed by atoms with Crippen molar-refractivity contribution in [2.24, 2.45) is 0 Å². The second-order valence-corrected chi connectivity index (χ2v) is 3.71. The van der Waals surface area contributed by atoms with Crippen molar-refractivity contribution in [1.82, 2.24) is 0 Å². The zero-order valence-corrected chi connectivity index (χ0v) is 7.77. The summed E-state index contributed by atoms with van der Waals surface area (Å²) in [6.45, 7) is 2.09. The van der Waals surface area contributed by atoms with Gasteiger partial charge in [-0.2, -0.15) is 0 Å². The molecule has 2 rings (SSSR count). The van der Waals surface area contributed by atoms with Gasteiger partial charge in [0.1, 0.15) is 0 Å². The zero-order valence-electron chi connectivity index (χ0n) is 7.77. The lowest BCUT2D eigenvalue weighted by Crippen LogP contribution is -2.00. The molecule has 13 heavy (non-hydrogen) atoms. The highest BCUT2D eigenvalue weighted by atomic mass is 16.3. The maximum absolute atomic E-state index is 9.33. The number of aliphatic hydroxyl groups excluding tert-OH is 1. The van der Waals surface area contributed by atoms with E-state index in [0.717, 1.165) is 6.42 Å². The Kier molecular flexibility index (Phi) is 2.19. The predicted molar refractivity (Wildman–Crippen MR) is 53.7 cm³/mol. The molecule has 0 spiro atoms. The van der Waals surface area contributed by atoms with E-state index in [-0.39, 0.29) is 6.10 Å². The molecule has 0 saturated carbocycles. The number of hydrogen-bond donors (Lipinski definition) is 1. The van der Waals surface area contributed by atoms with Gasteiger partial charge in [0.25, 0.3) is 0 Å². The van der Waals surface area contributed by atoms with Crippen LogP contribution in [0.4, 0.5) is 0 Å². The van der Waals surface area contributed by atoms with Crippen molar-refractivity contribution in [3.05, 3.63) is 47.5 Å². The summed E-state index contributed by atoms with van der Waals surface area (Å²) in [5, 5.41) is 9.33. The Morgan fingerprint density at radius 3 is 2.38 bits per heavy atom. The van der Waals surface area contributed by atoms with Crippen LogP contribution in [0.5, 0.6) is 0 Å². The Morgan fingerprint density at radius 1 is 1.15 bits per heavy atom. The van der Waals surface area contributed by atoms with E-state index in [0.29, 0.717) is 5.92 Å². The van der Waals surface area contributed by atoms with E-state index in [4.69, 9.17) is 0 Å². The molecule has 0 radical (unpaired) electrons. The minimum Gasteiger partial charge on any atom is -0.389 e. The van der Waals surface area contributed by atoms with Crippen LogP contribution in [-0.4, -0.2) is 11.2 Å². The maximum Gasteiger partial charge on any atom is 0.0729 e. The van der Waals surface area contributed by atoms with E-state index in [2.05, 4.69) is 37.3 Å². The van der Waals surface area contributed by atoms with Crippen molar-refractivity contribution < 1.29 is 5.11 Å². The van der Waals surface area contributed by atoms with Gasteiger partial charge in [0.05, 0.1) is 6.10 Å². The van der Waals surface area contributed by atoms with Gasteiger partial charge in [-0.1, -0.05) is 42.0 Å². The van der Waals surface area contributed by atoms with Gasteiger partial charge in [0.15, 0.2) is 0 Å². The van der Waals surface area contributed by atoms with Crippen molar-refractivity contribution >= 4 is 0 Å². The van der Waals surface area contributed by atoms with E-state index in [1.54, 1.807) is 0 Å². The summed E-state index contributed by atoms with van der Waals surface area (Å²) in [6, 6.07) is 8.52. The molecule has 1 heteroatoms. The molecule has 1 aromatic rings. The van der Waals surface area contributed by atoms with Crippen LogP contribution >= 0.6 is 0 Å². The molecular weight excluding hydrogens is 160 g/mol. The van der Waals surface area contributed by atoms with Crippen LogP contribution in [0.2, 0.25) is 0 Å². The third-order valence-corrected chi connectivity index (χ3v) is 2.57. The van der Waals surface area contributed by atoms with Crippen molar-refractivity contribution in [2.45, 2.75) is 25.4 Å². The average Bonchev–Trinajstić information content (AvgIpc) is 2.53. The van der Waals surface area contributed by atoms with E-state index in [1.807, 2.05) is 6.08 Å². The van der Waals surface area contributed by atoms with E-state index in [1.165, 1.54) is 11.1 Å². The minimum atomic E-state index is -0.244. The van der Waals surface area contributed by atoms with Gasteiger partial charge in [-0.3, -0.25) is 0 Å². The molecule has 68 valence electrons. The summed E-state index contributed by atoms with van der Waals surface area (Å²) >= 11 is 0. The van der Waals surface area contributed by atoms with Crippen molar-refractivity contribution in [2.75, 3.05) is 0 Å². The zero-order chi connectivity index (χ0) is 9.26. The van der Waals surface area contributed by atoms with E-state index < -0.39 is 0 Å². The first kappa shape index (κ1) is 8.52. The van der Waals surface area contributed by atoms with Gasteiger partial charge in [0, 0.05) is 5.92 Å². The third-order valence-electron chi connectivity index (χ3n) is 2.57. The second-order valence-electron chi connectivity index (χ2n) is 3.71. The Bertz CT molecular complexity index is 310. The largest absolute Gasteiger partial charge is 0.389 e. The number of aliphatic hydroxyl groups is 1. The molecule has 0 heterocycles. The Balaban J connectivity index is 2.18. The molecule has 2 atom stereocenters. The molecule has 0 aromatic heterocycles. The molecule has 0 amide bonds. The first-order chi connectivity index (χ1) is 6.25. The van der Waals surface area contributed by atoms with Crippen LogP contribution in [-0.2, 0) is 0 Å². The van der Waals surface area contributed by atoms with Crippen LogP contribution in [0, 0.1) is 6.92 Å². The predicted octanol–water partition coefficient (Wildman–Crippen LogP) is 2.40. The topological polar surface area (TPSA) is 20.2 Å². The van der Waals surface area contributed by atoms with Gasteiger partial charge in [0.2, 0.25) is 0 Å². The molecule has 0 bridgehead atoms. The highest BCUT2D eigenvalue weighted by Gasteiger charge is 2.17. The molecule has 1 aliphatic carbocycles. The van der Waals surface area contributed by atoms with Crippen LogP contribution in [0.1, 0.15) is 23.5 Å². The maximum atomic E-state index is 9.33. The molecule has 1 nitrogen and oxygen atoms in total. The monoisotopic (exact) mass is 174 g/mol. The first-order valence-electron chi connectivity index (χ1n) is 4.68. The molecular formula is C12H14O. The lowest BCUT2D eigenvalue weighted by atomic mass is 9.97. The second kappa shape index (κ2) is 3.35. The summed E-state index contributed by atoms with van der Waals surface area (Å²) in [4.78, 5) is 0. The van der Waals surface area contributed by atoms with E-state index in [9.17, 15) is 5.11 Å². The summed E-state index contributed by atoms with van der Waals surface area (Å²) < 4.78 is 0. The number of aryl methyl sites for hydroxylation is 1. The number of hydrogen-bond acceptors (Lipinski definition) is 1. The highest BCUT2D eigenvalue weighted by molar-refractivity contribution is 5.29. The smallest absolute Gasteiger partial charge is 0.0729 e. The first-order valence-corrected chi connectivity index (χ1v) is 4.68. The van der Waals surface area contributed by atoms with Crippen LogP contribution in [0.3, 0.4) is 0 Å². The molecule has 0 aliphatic heterocycles. The molecule has 1 aromatic carbocycles. The average molecular weight is 174 g/mol. The lowest BCUT2D eigenvalue weighted by molar-refractivity contribution is 0.218. The van der Waals surface area contributed by atoms with Crippen molar-refractivity contribution in [3.8, 4) is 0 Å². The summed E-state index contributed by atoms with van der Waals surface area (Å²) in [6.07, 6.45) is 4.56. The van der Waals surface area contributed by atoms with Crippen molar-refractivity contribution in [3.63, 3.8) is 0 Å². The Hall–Kier alpha value is -1.08. The molecule has 1 N–H and O–H groups in total. The SMILES string of the molecule is Cc1ccc([C@@H]2C=C[C@@H](O)C2)cc1. The van der Waals surface area contributed by atoms with Gasteiger partial charge >= 0.3 is 0 Å². The highest BCUT2D eigenvalue weighted by Crippen LogP contribution is 2.28. The fraction of sp³-hybridized carbons (Fsp3) is 0.333. The quantitative estimate of drug-likeness (QED) is 0.648. The summed E-state index contributed by atoms with van der Waals surface area (Å²) in [7, 11) is 0. The van der Waals surface area contributed by atoms with E-state index >= 15 is 0 Å². The number of benzene rings is 1. The molecule has 0 unspecified atom stereocenters. The van der Waals surface area contributed by atoms with Gasteiger partial charge in [-0.05, 0) is 18.9 Å². The van der Waals surface area contributed by atoms with Crippen molar-refractivity contribution in [1.29, 1.82) is 0 Å². The summed E-state index contributed by atoms with van der Waals surface area (Å²) in [5.41, 5.74) is 2.59. The van der Waals surface area contributed by atoms with Crippen LogP contribution in [0.15, 0.2) is 36.4 Å². The van der Waals surface area contributed by atoms with Crippen LogP contribution in [0.25, 0.3) is 0 Å². The molecule has 1 aliphatic rings. The number of allylic oxidation sites excluding steroid dienone is 1. The third kappa shape index (κ3) is 1.81. The minimum absolute atomic E-state index is 0.244. The standard InChI is InChI=1S/C12H14O/c1-9-2-4-10(5-3-9)11-6-7-12(13)8-11/h2-7,11-13H,8H2,1H3/t11-,12-/m1/s1. The Labute approximate surface area is 78.7 Å². The van der Waals surface area contributed by atoms with Gasteiger partial charge in [-0.15, -0.1) is 0 Å². The fourth-order valence-corrected chi connectivity index (χ4v) is 1.74. The summed E-state index contributed by atoms with van der Waals surface area (Å²) in [5.74, 6) is 0.413. The normalized spacial score (nSPS) is 26.6. The fourth-order valence-electron chi connectivity index (χ4n) is 1.74. The number of rotatable bonds is 1. The molecule has 0 fully saturated rings. The Morgan fingerprint density at radius 2 is 1.85 bits per heavy atom. The van der Waals surface area contributed by atoms with Crippen LogP contribution < -0.4 is 0 Å². The lowest BCUT2D eigenvalue weighted by Gasteiger charge is -2.08. The molecule has 0 saturated heterocycles.